The van der Waals surface area contributed by atoms with E-state index in [4.69, 9.17) is 0 Å². The first kappa shape index (κ1) is 10.1. The molecule has 3 nitrogen and oxygen atoms in total. The number of nitrogens with one attached hydrogen (secondary N) is 2. The van der Waals surface area contributed by atoms with Gasteiger partial charge in [-0.05, 0) is 30.2 Å². The van der Waals surface area contributed by atoms with E-state index < -0.39 is 0 Å². The van der Waals surface area contributed by atoms with E-state index in [-0.39, 0.29) is 0 Å². The Morgan fingerprint density at radius 3 is 3.12 bits per heavy atom. The van der Waals surface area contributed by atoms with Crippen LogP contribution in [-0.2, 0) is 6.54 Å². The highest BCUT2D eigenvalue weighted by Crippen LogP contribution is 2.42. The molecule has 1 atom stereocenters. The maximum atomic E-state index is 4.23. The van der Waals surface area contributed by atoms with Crippen molar-refractivity contribution in [3.05, 3.63) is 40.6 Å². The SMILES string of the molecule is c1csc(C(NCc2ncc[nH]2)C2CC2)c1. The first-order valence-electron chi connectivity index (χ1n) is 5.68. The third kappa shape index (κ3) is 2.18. The van der Waals surface area contributed by atoms with Crippen molar-refractivity contribution in [2.75, 3.05) is 0 Å². The maximum Gasteiger partial charge on any atom is 0.120 e. The Morgan fingerprint density at radius 1 is 1.56 bits per heavy atom. The predicted molar refractivity (Wildman–Crippen MR) is 65.2 cm³/mol. The molecule has 4 heteroatoms. The first-order valence-corrected chi connectivity index (χ1v) is 6.56. The Morgan fingerprint density at radius 2 is 2.50 bits per heavy atom. The number of rotatable bonds is 5. The minimum absolute atomic E-state index is 0.519. The summed E-state index contributed by atoms with van der Waals surface area (Å²) in [6.07, 6.45) is 6.38. The first-order chi connectivity index (χ1) is 7.93. The van der Waals surface area contributed by atoms with Gasteiger partial charge in [-0.15, -0.1) is 11.3 Å². The van der Waals surface area contributed by atoms with Crippen LogP contribution < -0.4 is 5.32 Å². The second-order valence-corrected chi connectivity index (χ2v) is 5.23. The Balaban J connectivity index is 1.66. The number of aromatic nitrogens is 2. The van der Waals surface area contributed by atoms with Crippen LogP contribution in [0.1, 0.15) is 29.6 Å². The van der Waals surface area contributed by atoms with E-state index in [1.807, 2.05) is 17.5 Å². The maximum absolute atomic E-state index is 4.23. The van der Waals surface area contributed by atoms with Crippen molar-refractivity contribution in [3.8, 4) is 0 Å². The van der Waals surface area contributed by atoms with E-state index in [1.54, 1.807) is 6.20 Å². The highest BCUT2D eigenvalue weighted by atomic mass is 32.1. The highest BCUT2D eigenvalue weighted by Gasteiger charge is 2.32. The Labute approximate surface area is 98.9 Å². The summed E-state index contributed by atoms with van der Waals surface area (Å²) in [6, 6.07) is 4.87. The van der Waals surface area contributed by atoms with Crippen molar-refractivity contribution >= 4 is 11.3 Å². The molecule has 0 amide bonds. The summed E-state index contributed by atoms with van der Waals surface area (Å²) in [5, 5.41) is 5.76. The molecule has 1 fully saturated rings. The third-order valence-corrected chi connectivity index (χ3v) is 3.94. The number of hydrogen-bond donors (Lipinski definition) is 2. The second-order valence-electron chi connectivity index (χ2n) is 4.25. The van der Waals surface area contributed by atoms with Crippen LogP contribution >= 0.6 is 11.3 Å². The van der Waals surface area contributed by atoms with Gasteiger partial charge in [0.05, 0.1) is 6.54 Å². The largest absolute Gasteiger partial charge is 0.348 e. The van der Waals surface area contributed by atoms with Crippen LogP contribution in [-0.4, -0.2) is 9.97 Å². The van der Waals surface area contributed by atoms with E-state index in [0.717, 1.165) is 18.3 Å². The van der Waals surface area contributed by atoms with Crippen molar-refractivity contribution in [2.24, 2.45) is 5.92 Å². The molecule has 0 aliphatic heterocycles. The average molecular weight is 233 g/mol. The molecule has 1 aliphatic rings. The monoisotopic (exact) mass is 233 g/mol. The van der Waals surface area contributed by atoms with E-state index in [2.05, 4.69) is 32.8 Å². The number of H-pyrrole nitrogens is 1. The molecule has 1 unspecified atom stereocenters. The lowest BCUT2D eigenvalue weighted by Crippen LogP contribution is -2.22. The smallest absolute Gasteiger partial charge is 0.120 e. The third-order valence-electron chi connectivity index (χ3n) is 2.99. The van der Waals surface area contributed by atoms with Crippen LogP contribution in [0.2, 0.25) is 0 Å². The van der Waals surface area contributed by atoms with Gasteiger partial charge in [0.25, 0.3) is 0 Å². The van der Waals surface area contributed by atoms with Gasteiger partial charge in [-0.2, -0.15) is 0 Å². The predicted octanol–water partition coefficient (Wildman–Crippen LogP) is 2.71. The van der Waals surface area contributed by atoms with E-state index in [1.165, 1.54) is 17.7 Å². The molecule has 16 heavy (non-hydrogen) atoms. The summed E-state index contributed by atoms with van der Waals surface area (Å²) in [7, 11) is 0. The number of nitrogens with zero attached hydrogens (tertiary/aromatic N) is 1. The molecule has 2 N–H and O–H groups in total. The van der Waals surface area contributed by atoms with E-state index >= 15 is 0 Å². The lowest BCUT2D eigenvalue weighted by molar-refractivity contribution is 0.480. The zero-order valence-electron chi connectivity index (χ0n) is 9.02. The molecular formula is C12H15N3S. The van der Waals surface area contributed by atoms with Crippen LogP contribution in [0.5, 0.6) is 0 Å². The molecule has 2 heterocycles. The molecule has 0 bridgehead atoms. The number of aromatic amines is 1. The van der Waals surface area contributed by atoms with E-state index in [9.17, 15) is 0 Å². The van der Waals surface area contributed by atoms with Crippen LogP contribution in [0.15, 0.2) is 29.9 Å². The van der Waals surface area contributed by atoms with Crippen molar-refractivity contribution < 1.29 is 0 Å². The van der Waals surface area contributed by atoms with Crippen molar-refractivity contribution in [2.45, 2.75) is 25.4 Å². The molecule has 1 aliphatic carbocycles. The van der Waals surface area contributed by atoms with Gasteiger partial charge in [-0.25, -0.2) is 4.98 Å². The molecule has 0 aromatic carbocycles. The highest BCUT2D eigenvalue weighted by molar-refractivity contribution is 7.10. The number of hydrogen-bond acceptors (Lipinski definition) is 3. The second kappa shape index (κ2) is 4.39. The summed E-state index contributed by atoms with van der Waals surface area (Å²) in [5.74, 6) is 1.84. The fourth-order valence-electron chi connectivity index (χ4n) is 2.00. The normalized spacial score (nSPS) is 17.5. The van der Waals surface area contributed by atoms with Gasteiger partial charge in [-0.1, -0.05) is 6.07 Å². The molecule has 0 spiro atoms. The fraction of sp³-hybridized carbons (Fsp3) is 0.417. The van der Waals surface area contributed by atoms with Crippen LogP contribution in [0.25, 0.3) is 0 Å². The molecule has 1 saturated carbocycles. The average Bonchev–Trinajstić information content (AvgIpc) is 2.83. The molecule has 2 aromatic heterocycles. The minimum Gasteiger partial charge on any atom is -0.348 e. The number of thiophene rings is 1. The Hall–Kier alpha value is -1.13. The van der Waals surface area contributed by atoms with Gasteiger partial charge >= 0.3 is 0 Å². The fourth-order valence-corrected chi connectivity index (χ4v) is 2.89. The lowest BCUT2D eigenvalue weighted by Gasteiger charge is -2.15. The van der Waals surface area contributed by atoms with Gasteiger partial charge in [0.15, 0.2) is 0 Å². The molecule has 0 radical (unpaired) electrons. The summed E-state index contributed by atoms with van der Waals surface area (Å²) < 4.78 is 0. The summed E-state index contributed by atoms with van der Waals surface area (Å²) >= 11 is 1.84. The number of imidazole rings is 1. The zero-order valence-corrected chi connectivity index (χ0v) is 9.83. The Kier molecular flexibility index (Phi) is 2.76. The quantitative estimate of drug-likeness (QED) is 0.833. The van der Waals surface area contributed by atoms with Gasteiger partial charge in [-0.3, -0.25) is 0 Å². The van der Waals surface area contributed by atoms with Crippen LogP contribution in [0, 0.1) is 5.92 Å². The lowest BCUT2D eigenvalue weighted by atomic mass is 10.1. The van der Waals surface area contributed by atoms with Crippen molar-refractivity contribution in [1.29, 1.82) is 0 Å². The molecule has 84 valence electrons. The van der Waals surface area contributed by atoms with Gasteiger partial charge in [0.2, 0.25) is 0 Å². The standard InChI is InChI=1S/C12H15N3S/c1-2-10(16-7-1)12(9-3-4-9)15-8-11-13-5-6-14-11/h1-2,5-7,9,12,15H,3-4,8H2,(H,13,14). The minimum atomic E-state index is 0.519. The van der Waals surface area contributed by atoms with Crippen LogP contribution in [0.3, 0.4) is 0 Å². The van der Waals surface area contributed by atoms with Crippen molar-refractivity contribution in [1.82, 2.24) is 15.3 Å². The molecular weight excluding hydrogens is 218 g/mol. The Bertz CT molecular complexity index is 417. The zero-order chi connectivity index (χ0) is 10.8. The van der Waals surface area contributed by atoms with E-state index in [0.29, 0.717) is 6.04 Å². The van der Waals surface area contributed by atoms with Gasteiger partial charge < -0.3 is 10.3 Å². The summed E-state index contributed by atoms with van der Waals surface area (Å²) in [5.41, 5.74) is 0. The van der Waals surface area contributed by atoms with Gasteiger partial charge in [0, 0.05) is 23.3 Å². The van der Waals surface area contributed by atoms with Crippen LogP contribution in [0.4, 0.5) is 0 Å². The topological polar surface area (TPSA) is 40.7 Å². The summed E-state index contributed by atoms with van der Waals surface area (Å²) in [6.45, 7) is 0.825. The molecule has 3 rings (SSSR count). The molecule has 0 saturated heterocycles. The molecule has 2 aromatic rings. The van der Waals surface area contributed by atoms with Gasteiger partial charge in [0.1, 0.15) is 5.82 Å². The van der Waals surface area contributed by atoms with Crippen molar-refractivity contribution in [3.63, 3.8) is 0 Å². The summed E-state index contributed by atoms with van der Waals surface area (Å²) in [4.78, 5) is 8.81.